The average molecular weight is 467 g/mol. The Labute approximate surface area is 176 Å². The smallest absolute Gasteiger partial charge is 0.359 e. The molecule has 0 unspecified atom stereocenters. The molecule has 0 fully saturated rings. The summed E-state index contributed by atoms with van der Waals surface area (Å²) in [7, 11) is -0.751. The molecule has 28 heavy (non-hydrogen) atoms. The highest BCUT2D eigenvalue weighted by Crippen LogP contribution is 2.31. The minimum Gasteiger partial charge on any atom is -0.451 e. The third kappa shape index (κ3) is 5.12. The van der Waals surface area contributed by atoms with Crippen LogP contribution in [0.1, 0.15) is 10.5 Å². The molecule has 0 bridgehead atoms. The fraction of sp³-hybridized carbons (Fsp3) is 0.188. The quantitative estimate of drug-likeness (QED) is 0.656. The number of hydrogen-bond donors (Lipinski definition) is 1. The fourth-order valence-electron chi connectivity index (χ4n) is 1.90. The largest absolute Gasteiger partial charge is 0.451 e. The molecular formula is C16H14Cl3N3O5S. The monoisotopic (exact) mass is 465 g/mol. The number of nitrogens with zero attached hydrogens (tertiary/aromatic N) is 2. The van der Waals surface area contributed by atoms with Gasteiger partial charge in [-0.2, -0.15) is 0 Å². The van der Waals surface area contributed by atoms with Gasteiger partial charge in [-0.1, -0.05) is 34.8 Å². The molecule has 1 amide bonds. The van der Waals surface area contributed by atoms with E-state index in [1.807, 2.05) is 0 Å². The third-order valence-corrected chi connectivity index (χ3v) is 6.43. The molecule has 0 atom stereocenters. The number of amides is 1. The number of hydrogen-bond acceptors (Lipinski definition) is 6. The number of carbonyl (C=O) groups is 2. The molecule has 0 radical (unpaired) electrons. The van der Waals surface area contributed by atoms with Crippen molar-refractivity contribution in [3.63, 3.8) is 0 Å². The lowest BCUT2D eigenvalue weighted by Gasteiger charge is -2.12. The molecule has 0 aliphatic carbocycles. The van der Waals surface area contributed by atoms with Crippen molar-refractivity contribution in [1.82, 2.24) is 9.29 Å². The van der Waals surface area contributed by atoms with E-state index >= 15 is 0 Å². The lowest BCUT2D eigenvalue weighted by molar-refractivity contribution is -0.119. The molecular weight excluding hydrogens is 453 g/mol. The highest BCUT2D eigenvalue weighted by atomic mass is 35.5. The van der Waals surface area contributed by atoms with Crippen LogP contribution in [0.3, 0.4) is 0 Å². The van der Waals surface area contributed by atoms with Crippen molar-refractivity contribution in [3.8, 4) is 0 Å². The molecule has 2 aromatic rings. The maximum Gasteiger partial charge on any atom is 0.359 e. The number of pyridine rings is 1. The van der Waals surface area contributed by atoms with Crippen molar-refractivity contribution in [1.29, 1.82) is 0 Å². The standard InChI is InChI=1S/C16H14Cl3N3O5S/c1-22(2)28(25,26)10-5-3-9(4-6-10)21-12(23)8-27-16(24)15-14(19)13(18)11(17)7-20-15/h3-7H,8H2,1-2H3,(H,21,23). The third-order valence-electron chi connectivity index (χ3n) is 3.36. The maximum absolute atomic E-state index is 12.0. The molecule has 0 aliphatic heterocycles. The predicted molar refractivity (Wildman–Crippen MR) is 105 cm³/mol. The van der Waals surface area contributed by atoms with Gasteiger partial charge in [0, 0.05) is 26.0 Å². The number of halogens is 3. The minimum atomic E-state index is -3.57. The Morgan fingerprint density at radius 1 is 1.11 bits per heavy atom. The summed E-state index contributed by atoms with van der Waals surface area (Å²) in [6.07, 6.45) is 1.13. The summed E-state index contributed by atoms with van der Waals surface area (Å²) in [6.45, 7) is -0.616. The molecule has 1 aromatic carbocycles. The summed E-state index contributed by atoms with van der Waals surface area (Å²) in [5.41, 5.74) is 0.0477. The van der Waals surface area contributed by atoms with Crippen LogP contribution in [-0.2, 0) is 19.6 Å². The number of carbonyl (C=O) groups excluding carboxylic acids is 2. The molecule has 1 heterocycles. The van der Waals surface area contributed by atoms with Gasteiger partial charge >= 0.3 is 5.97 Å². The van der Waals surface area contributed by atoms with Crippen molar-refractivity contribution in [2.75, 3.05) is 26.0 Å². The van der Waals surface area contributed by atoms with E-state index in [1.54, 1.807) is 0 Å². The highest BCUT2D eigenvalue weighted by Gasteiger charge is 2.20. The lowest BCUT2D eigenvalue weighted by Crippen LogP contribution is -2.23. The summed E-state index contributed by atoms with van der Waals surface area (Å²) >= 11 is 17.4. The van der Waals surface area contributed by atoms with Crippen LogP contribution in [0.25, 0.3) is 0 Å². The minimum absolute atomic E-state index is 0.0532. The Morgan fingerprint density at radius 3 is 2.29 bits per heavy atom. The zero-order chi connectivity index (χ0) is 21.1. The molecule has 1 N–H and O–H groups in total. The number of benzene rings is 1. The molecule has 0 saturated carbocycles. The van der Waals surface area contributed by atoms with Crippen LogP contribution in [0, 0.1) is 0 Å². The van der Waals surface area contributed by atoms with Crippen molar-refractivity contribution < 1.29 is 22.7 Å². The Balaban J connectivity index is 1.98. The van der Waals surface area contributed by atoms with Gasteiger partial charge in [-0.05, 0) is 24.3 Å². The van der Waals surface area contributed by atoms with E-state index < -0.39 is 28.5 Å². The number of aromatic nitrogens is 1. The van der Waals surface area contributed by atoms with Gasteiger partial charge < -0.3 is 10.1 Å². The summed E-state index contributed by atoms with van der Waals surface area (Å²) in [6, 6.07) is 5.51. The first-order chi connectivity index (χ1) is 13.0. The molecule has 0 spiro atoms. The van der Waals surface area contributed by atoms with Gasteiger partial charge in [0.2, 0.25) is 10.0 Å². The molecule has 0 aliphatic rings. The van der Waals surface area contributed by atoms with Gasteiger partial charge in [-0.3, -0.25) is 4.79 Å². The second-order valence-corrected chi connectivity index (χ2v) is 8.83. The second kappa shape index (κ2) is 9.06. The van der Waals surface area contributed by atoms with Crippen LogP contribution in [0.2, 0.25) is 15.1 Å². The molecule has 1 aromatic heterocycles. The fourth-order valence-corrected chi connectivity index (χ4v) is 3.36. The summed E-state index contributed by atoms with van der Waals surface area (Å²) < 4.78 is 29.9. The van der Waals surface area contributed by atoms with E-state index in [0.29, 0.717) is 5.69 Å². The second-order valence-electron chi connectivity index (χ2n) is 5.52. The van der Waals surface area contributed by atoms with Gasteiger partial charge in [-0.15, -0.1) is 0 Å². The van der Waals surface area contributed by atoms with Crippen molar-refractivity contribution in [3.05, 3.63) is 51.2 Å². The summed E-state index contributed by atoms with van der Waals surface area (Å²) in [5, 5.41) is 2.30. The molecule has 0 saturated heterocycles. The van der Waals surface area contributed by atoms with Crippen LogP contribution in [0.5, 0.6) is 0 Å². The number of rotatable bonds is 6. The van der Waals surface area contributed by atoms with Gasteiger partial charge in [0.15, 0.2) is 12.3 Å². The van der Waals surface area contributed by atoms with E-state index in [2.05, 4.69) is 10.3 Å². The van der Waals surface area contributed by atoms with Crippen LogP contribution >= 0.6 is 34.8 Å². The first kappa shape index (κ1) is 22.4. The molecule has 2 rings (SSSR count). The SMILES string of the molecule is CN(C)S(=O)(=O)c1ccc(NC(=O)COC(=O)c2ncc(Cl)c(Cl)c2Cl)cc1. The Bertz CT molecular complexity index is 1010. The summed E-state index contributed by atoms with van der Waals surface area (Å²) in [4.78, 5) is 27.7. The maximum atomic E-state index is 12.0. The normalized spacial score (nSPS) is 11.4. The van der Waals surface area contributed by atoms with Gasteiger partial charge in [0.05, 0.1) is 20.0 Å². The number of esters is 1. The van der Waals surface area contributed by atoms with Crippen LogP contribution in [0.4, 0.5) is 5.69 Å². The Kier molecular flexibility index (Phi) is 7.24. The van der Waals surface area contributed by atoms with Crippen LogP contribution < -0.4 is 5.32 Å². The Hall–Kier alpha value is -1.91. The molecule has 150 valence electrons. The van der Waals surface area contributed by atoms with Crippen molar-refractivity contribution in [2.45, 2.75) is 4.90 Å². The Morgan fingerprint density at radius 2 is 1.71 bits per heavy atom. The molecule has 12 heteroatoms. The van der Waals surface area contributed by atoms with E-state index in [0.717, 1.165) is 10.5 Å². The zero-order valence-electron chi connectivity index (χ0n) is 14.6. The van der Waals surface area contributed by atoms with E-state index in [-0.39, 0.29) is 25.7 Å². The number of nitrogens with one attached hydrogen (secondary N) is 1. The number of ether oxygens (including phenoxy) is 1. The van der Waals surface area contributed by atoms with Gasteiger partial charge in [-0.25, -0.2) is 22.5 Å². The van der Waals surface area contributed by atoms with E-state index in [1.165, 1.54) is 38.4 Å². The summed E-state index contributed by atoms with van der Waals surface area (Å²) in [5.74, 6) is -1.60. The zero-order valence-corrected chi connectivity index (χ0v) is 17.7. The highest BCUT2D eigenvalue weighted by molar-refractivity contribution is 7.89. The average Bonchev–Trinajstić information content (AvgIpc) is 2.64. The van der Waals surface area contributed by atoms with Crippen LogP contribution in [0.15, 0.2) is 35.4 Å². The van der Waals surface area contributed by atoms with Gasteiger partial charge in [0.1, 0.15) is 0 Å². The molecule has 8 nitrogen and oxygen atoms in total. The van der Waals surface area contributed by atoms with E-state index in [9.17, 15) is 18.0 Å². The number of anilines is 1. The topological polar surface area (TPSA) is 106 Å². The van der Waals surface area contributed by atoms with Gasteiger partial charge in [0.25, 0.3) is 5.91 Å². The van der Waals surface area contributed by atoms with Crippen molar-refractivity contribution >= 4 is 62.4 Å². The predicted octanol–water partition coefficient (Wildman–Crippen LogP) is 3.09. The lowest BCUT2D eigenvalue weighted by atomic mass is 10.3. The first-order valence-corrected chi connectivity index (χ1v) is 10.1. The number of sulfonamides is 1. The van der Waals surface area contributed by atoms with Crippen LogP contribution in [-0.4, -0.2) is 50.3 Å². The van der Waals surface area contributed by atoms with Crippen molar-refractivity contribution in [2.24, 2.45) is 0 Å². The first-order valence-electron chi connectivity index (χ1n) is 7.53. The van der Waals surface area contributed by atoms with E-state index in [4.69, 9.17) is 39.5 Å².